The fourth-order valence-electron chi connectivity index (χ4n) is 1.01. The molecular weight excluding hydrogens is 303 g/mol. The van der Waals surface area contributed by atoms with Gasteiger partial charge in [0.25, 0.3) is 0 Å². The maximum absolute atomic E-state index is 11.6. The van der Waals surface area contributed by atoms with E-state index in [1.807, 2.05) is 12.1 Å². The first kappa shape index (κ1) is 12.5. The van der Waals surface area contributed by atoms with Crippen LogP contribution in [0.5, 0.6) is 0 Å². The van der Waals surface area contributed by atoms with Crippen LogP contribution in [0, 0.1) is 9.49 Å². The van der Waals surface area contributed by atoms with Crippen molar-refractivity contribution in [1.29, 1.82) is 0 Å². The molecule has 0 saturated carbocycles. The predicted octanol–water partition coefficient (Wildman–Crippen LogP) is 3.49. The lowest BCUT2D eigenvalue weighted by Crippen LogP contribution is -2.11. The minimum Gasteiger partial charge on any atom is -0.462 e. The predicted molar refractivity (Wildman–Crippen MR) is 68.9 cm³/mol. The molecule has 0 fully saturated rings. The third-order valence-corrected chi connectivity index (χ3v) is 2.99. The molecule has 82 valence electrons. The quantitative estimate of drug-likeness (QED) is 0.627. The van der Waals surface area contributed by atoms with Gasteiger partial charge in [0, 0.05) is 3.57 Å². The van der Waals surface area contributed by atoms with Gasteiger partial charge in [0.05, 0.1) is 12.2 Å². The lowest BCUT2D eigenvalue weighted by atomic mass is 10.1. The van der Waals surface area contributed by atoms with Crippen molar-refractivity contribution >= 4 is 28.6 Å². The van der Waals surface area contributed by atoms with Gasteiger partial charge < -0.3 is 4.74 Å². The highest BCUT2D eigenvalue weighted by Crippen LogP contribution is 2.09. The molecule has 0 aliphatic heterocycles. The smallest absolute Gasteiger partial charge is 0.338 e. The van der Waals surface area contributed by atoms with Gasteiger partial charge in [-0.05, 0) is 52.8 Å². The summed E-state index contributed by atoms with van der Waals surface area (Å²) in [5.74, 6) is 0.199. The van der Waals surface area contributed by atoms with Crippen molar-refractivity contribution in [3.63, 3.8) is 0 Å². The first-order valence-corrected chi connectivity index (χ1v) is 6.14. The first-order valence-electron chi connectivity index (χ1n) is 5.06. The number of hydrogen-bond acceptors (Lipinski definition) is 2. The summed E-state index contributed by atoms with van der Waals surface area (Å²) in [6.07, 6.45) is 1.03. The minimum absolute atomic E-state index is 0.230. The van der Waals surface area contributed by atoms with Crippen molar-refractivity contribution < 1.29 is 9.53 Å². The van der Waals surface area contributed by atoms with Gasteiger partial charge in [0.2, 0.25) is 0 Å². The molecule has 1 atom stereocenters. The van der Waals surface area contributed by atoms with Crippen LogP contribution in [0.3, 0.4) is 0 Å². The molecule has 0 spiro atoms. The molecule has 3 heteroatoms. The molecule has 0 aliphatic rings. The maximum Gasteiger partial charge on any atom is 0.338 e. The van der Waals surface area contributed by atoms with Crippen LogP contribution < -0.4 is 0 Å². The number of carbonyl (C=O) groups excluding carboxylic acids is 1. The molecule has 0 radical (unpaired) electrons. The van der Waals surface area contributed by atoms with Gasteiger partial charge in [-0.25, -0.2) is 4.79 Å². The number of carbonyl (C=O) groups is 1. The summed E-state index contributed by atoms with van der Waals surface area (Å²) < 4.78 is 6.30. The van der Waals surface area contributed by atoms with E-state index in [4.69, 9.17) is 4.74 Å². The Balaban J connectivity index is 2.50. The summed E-state index contributed by atoms with van der Waals surface area (Å²) in [5.41, 5.74) is 0.624. The molecule has 0 saturated heterocycles. The van der Waals surface area contributed by atoms with E-state index in [1.165, 1.54) is 0 Å². The highest BCUT2D eigenvalue weighted by Gasteiger charge is 2.08. The number of esters is 1. The van der Waals surface area contributed by atoms with Crippen molar-refractivity contribution in [2.75, 3.05) is 6.61 Å². The molecule has 1 unspecified atom stereocenters. The van der Waals surface area contributed by atoms with Crippen LogP contribution in [0.2, 0.25) is 0 Å². The highest BCUT2D eigenvalue weighted by molar-refractivity contribution is 14.1. The van der Waals surface area contributed by atoms with Gasteiger partial charge in [-0.15, -0.1) is 0 Å². The van der Waals surface area contributed by atoms with E-state index in [0.29, 0.717) is 18.1 Å². The Bertz CT molecular complexity index is 319. The van der Waals surface area contributed by atoms with Crippen LogP contribution in [-0.2, 0) is 4.74 Å². The van der Waals surface area contributed by atoms with Crippen LogP contribution in [0.1, 0.15) is 30.6 Å². The third-order valence-electron chi connectivity index (χ3n) is 2.28. The van der Waals surface area contributed by atoms with Gasteiger partial charge >= 0.3 is 5.97 Å². The van der Waals surface area contributed by atoms with Gasteiger partial charge in [-0.3, -0.25) is 0 Å². The molecule has 0 heterocycles. The summed E-state index contributed by atoms with van der Waals surface area (Å²) in [4.78, 5) is 11.6. The maximum atomic E-state index is 11.6. The Kier molecular flexibility index (Phi) is 5.08. The Morgan fingerprint density at radius 2 is 2.00 bits per heavy atom. The lowest BCUT2D eigenvalue weighted by Gasteiger charge is -2.09. The monoisotopic (exact) mass is 318 g/mol. The summed E-state index contributed by atoms with van der Waals surface area (Å²) in [7, 11) is 0. The molecule has 15 heavy (non-hydrogen) atoms. The molecule has 1 aromatic carbocycles. The standard InChI is InChI=1S/C12H15IO2/c1-3-9(2)8-15-12(14)10-4-6-11(13)7-5-10/h4-7,9H,3,8H2,1-2H3. The van der Waals surface area contributed by atoms with E-state index in [-0.39, 0.29) is 5.97 Å². The molecule has 1 rings (SSSR count). The van der Waals surface area contributed by atoms with Crippen LogP contribution in [0.15, 0.2) is 24.3 Å². The molecule has 0 amide bonds. The molecule has 0 N–H and O–H groups in total. The summed E-state index contributed by atoms with van der Waals surface area (Å²) in [6.45, 7) is 4.66. The normalized spacial score (nSPS) is 12.2. The van der Waals surface area contributed by atoms with Gasteiger partial charge in [-0.1, -0.05) is 20.3 Å². The van der Waals surface area contributed by atoms with Gasteiger partial charge in [-0.2, -0.15) is 0 Å². The second-order valence-electron chi connectivity index (χ2n) is 3.62. The lowest BCUT2D eigenvalue weighted by molar-refractivity contribution is 0.0447. The van der Waals surface area contributed by atoms with E-state index < -0.39 is 0 Å². The summed E-state index contributed by atoms with van der Waals surface area (Å²) in [5, 5.41) is 0. The zero-order valence-corrected chi connectivity index (χ0v) is 11.2. The van der Waals surface area contributed by atoms with Gasteiger partial charge in [0.15, 0.2) is 0 Å². The largest absolute Gasteiger partial charge is 0.462 e. The number of ether oxygens (including phenoxy) is 1. The average Bonchev–Trinajstić information content (AvgIpc) is 2.26. The molecule has 1 aromatic rings. The molecular formula is C12H15IO2. The van der Waals surface area contributed by atoms with E-state index in [2.05, 4.69) is 36.4 Å². The van der Waals surface area contributed by atoms with Crippen LogP contribution in [0.4, 0.5) is 0 Å². The van der Waals surface area contributed by atoms with Crippen molar-refractivity contribution in [3.05, 3.63) is 33.4 Å². The first-order chi connectivity index (χ1) is 7.13. The van der Waals surface area contributed by atoms with Crippen molar-refractivity contribution in [3.8, 4) is 0 Å². The zero-order valence-electron chi connectivity index (χ0n) is 9.00. The van der Waals surface area contributed by atoms with E-state index >= 15 is 0 Å². The minimum atomic E-state index is -0.230. The van der Waals surface area contributed by atoms with E-state index in [0.717, 1.165) is 9.99 Å². The topological polar surface area (TPSA) is 26.3 Å². The number of rotatable bonds is 4. The summed E-state index contributed by atoms with van der Waals surface area (Å²) in [6, 6.07) is 7.39. The second-order valence-corrected chi connectivity index (χ2v) is 4.86. The van der Waals surface area contributed by atoms with E-state index in [9.17, 15) is 4.79 Å². The molecule has 0 aromatic heterocycles. The van der Waals surface area contributed by atoms with Crippen molar-refractivity contribution in [2.45, 2.75) is 20.3 Å². The summed E-state index contributed by atoms with van der Waals surface area (Å²) >= 11 is 2.21. The number of halogens is 1. The molecule has 0 aliphatic carbocycles. The van der Waals surface area contributed by atoms with Crippen molar-refractivity contribution in [1.82, 2.24) is 0 Å². The van der Waals surface area contributed by atoms with Gasteiger partial charge in [0.1, 0.15) is 0 Å². The SMILES string of the molecule is CCC(C)COC(=O)c1ccc(I)cc1. The fraction of sp³-hybridized carbons (Fsp3) is 0.417. The third kappa shape index (κ3) is 4.20. The Morgan fingerprint density at radius 3 is 2.53 bits per heavy atom. The van der Waals surface area contributed by atoms with Crippen LogP contribution >= 0.6 is 22.6 Å². The number of benzene rings is 1. The Hall–Kier alpha value is -0.580. The highest BCUT2D eigenvalue weighted by atomic mass is 127. The number of hydrogen-bond donors (Lipinski definition) is 0. The Labute approximate surface area is 104 Å². The van der Waals surface area contributed by atoms with Crippen LogP contribution in [-0.4, -0.2) is 12.6 Å². The second kappa shape index (κ2) is 6.10. The van der Waals surface area contributed by atoms with Crippen molar-refractivity contribution in [2.24, 2.45) is 5.92 Å². The molecule has 0 bridgehead atoms. The fourth-order valence-corrected chi connectivity index (χ4v) is 1.36. The van der Waals surface area contributed by atoms with E-state index in [1.54, 1.807) is 12.1 Å². The van der Waals surface area contributed by atoms with Crippen LogP contribution in [0.25, 0.3) is 0 Å². The average molecular weight is 318 g/mol. The zero-order chi connectivity index (χ0) is 11.3. The Morgan fingerprint density at radius 1 is 1.40 bits per heavy atom. The molecule has 2 nitrogen and oxygen atoms in total.